The lowest BCUT2D eigenvalue weighted by atomic mass is 9.87. The lowest BCUT2D eigenvalue weighted by Gasteiger charge is -2.38. The van der Waals surface area contributed by atoms with Gasteiger partial charge in [0.2, 0.25) is 5.91 Å². The molecule has 2 heterocycles. The molecule has 2 aliphatic rings. The molecule has 1 atom stereocenters. The first kappa shape index (κ1) is 24.2. The van der Waals surface area contributed by atoms with Crippen molar-refractivity contribution in [2.75, 3.05) is 13.1 Å². The molecule has 0 spiro atoms. The minimum absolute atomic E-state index is 0.120. The van der Waals surface area contributed by atoms with Crippen LogP contribution in [0.25, 0.3) is 0 Å². The number of hydrogen-bond acceptors (Lipinski definition) is 4. The zero-order chi connectivity index (χ0) is 25.2. The van der Waals surface area contributed by atoms with Crippen molar-refractivity contribution in [1.82, 2.24) is 10.2 Å². The fourth-order valence-corrected chi connectivity index (χ4v) is 4.80. The number of hydrogen-bond donors (Lipinski definition) is 1. The summed E-state index contributed by atoms with van der Waals surface area (Å²) >= 11 is 0. The molecule has 1 aromatic heterocycles. The third-order valence-corrected chi connectivity index (χ3v) is 6.85. The van der Waals surface area contributed by atoms with Crippen LogP contribution in [-0.4, -0.2) is 29.8 Å². The number of rotatable bonds is 8. The van der Waals surface area contributed by atoms with Gasteiger partial charge in [0.15, 0.2) is 5.76 Å². The van der Waals surface area contributed by atoms with Gasteiger partial charge in [0, 0.05) is 19.0 Å². The third-order valence-electron chi connectivity index (χ3n) is 6.85. The smallest absolute Gasteiger partial charge is 0.287 e. The maximum atomic E-state index is 13.2. The summed E-state index contributed by atoms with van der Waals surface area (Å²) in [7, 11) is 0. The monoisotopic (exact) mass is 486 g/mol. The Morgan fingerprint density at radius 3 is 2.69 bits per heavy atom. The lowest BCUT2D eigenvalue weighted by Crippen LogP contribution is -2.41. The third kappa shape index (κ3) is 5.32. The number of carbonyl (C=O) groups excluding carboxylic acids is 2. The summed E-state index contributed by atoms with van der Waals surface area (Å²) in [4.78, 5) is 27.5. The molecule has 3 aromatic rings. The number of amides is 2. The first-order valence-electron chi connectivity index (χ1n) is 12.9. The topological polar surface area (TPSA) is 71.8 Å². The second-order valence-corrected chi connectivity index (χ2v) is 10.4. The quantitative estimate of drug-likeness (QED) is 0.460. The van der Waals surface area contributed by atoms with Crippen LogP contribution in [0.15, 0.2) is 59.0 Å². The van der Waals surface area contributed by atoms with Crippen LogP contribution in [0.2, 0.25) is 0 Å². The zero-order valence-electron chi connectivity index (χ0n) is 21.3. The van der Waals surface area contributed by atoms with Crippen molar-refractivity contribution in [3.8, 4) is 5.75 Å². The minimum atomic E-state index is -0.217. The van der Waals surface area contributed by atoms with E-state index in [0.29, 0.717) is 24.0 Å². The molecule has 1 saturated carbocycles. The van der Waals surface area contributed by atoms with E-state index in [1.165, 1.54) is 11.1 Å². The Hall–Kier alpha value is -3.54. The average Bonchev–Trinajstić information content (AvgIpc) is 3.62. The van der Waals surface area contributed by atoms with Gasteiger partial charge >= 0.3 is 0 Å². The Bertz CT molecular complexity index is 1260. The van der Waals surface area contributed by atoms with E-state index in [2.05, 4.69) is 53.5 Å². The van der Waals surface area contributed by atoms with Gasteiger partial charge in [-0.1, -0.05) is 49.7 Å². The molecule has 2 aromatic carbocycles. The van der Waals surface area contributed by atoms with Crippen LogP contribution in [0.5, 0.6) is 5.75 Å². The largest absolute Gasteiger partial charge is 0.486 e. The Morgan fingerprint density at radius 2 is 1.94 bits per heavy atom. The number of nitrogens with zero attached hydrogens (tertiary/aromatic N) is 1. The summed E-state index contributed by atoms with van der Waals surface area (Å²) in [6, 6.07) is 17.9. The predicted octanol–water partition coefficient (Wildman–Crippen LogP) is 5.44. The number of fused-ring (bicyclic) bond motifs is 1. The van der Waals surface area contributed by atoms with E-state index in [9.17, 15) is 9.59 Å². The second kappa shape index (κ2) is 10.2. The van der Waals surface area contributed by atoms with E-state index in [1.54, 1.807) is 12.1 Å². The number of aryl methyl sites for hydroxylation is 1. The van der Waals surface area contributed by atoms with Gasteiger partial charge in [0.05, 0.1) is 6.04 Å². The van der Waals surface area contributed by atoms with E-state index in [4.69, 9.17) is 9.15 Å². The van der Waals surface area contributed by atoms with E-state index in [1.807, 2.05) is 19.9 Å². The maximum Gasteiger partial charge on any atom is 0.287 e. The Balaban J connectivity index is 1.35. The van der Waals surface area contributed by atoms with Gasteiger partial charge in [-0.2, -0.15) is 0 Å². The highest BCUT2D eigenvalue weighted by Gasteiger charge is 2.39. The molecule has 1 N–H and O–H groups in total. The Morgan fingerprint density at radius 1 is 1.11 bits per heavy atom. The average molecular weight is 487 g/mol. The van der Waals surface area contributed by atoms with Crippen LogP contribution in [0, 0.1) is 18.8 Å². The first-order valence-corrected chi connectivity index (χ1v) is 12.9. The van der Waals surface area contributed by atoms with Crippen molar-refractivity contribution < 1.29 is 18.7 Å². The summed E-state index contributed by atoms with van der Waals surface area (Å²) < 4.78 is 11.8. The standard InChI is InChI=1S/C30H34N2O4/c1-19(2)17-31-29(33)27-12-11-25(36-27)18-35-24-10-9-21-13-14-32(30(34)22-7-8-22)28(26(21)16-24)23-6-4-5-20(3)15-23/h4-6,9-12,15-16,19,22,28H,7-8,13-14,17-18H2,1-3H3,(H,31,33)/t28-/m1/s1. The molecule has 0 saturated heterocycles. The number of nitrogens with one attached hydrogen (secondary N) is 1. The van der Waals surface area contributed by atoms with Crippen molar-refractivity contribution >= 4 is 11.8 Å². The molecule has 2 amide bonds. The van der Waals surface area contributed by atoms with Crippen LogP contribution < -0.4 is 10.1 Å². The van der Waals surface area contributed by atoms with Gasteiger partial charge in [-0.3, -0.25) is 9.59 Å². The fraction of sp³-hybridized carbons (Fsp3) is 0.400. The molecule has 188 valence electrons. The van der Waals surface area contributed by atoms with Gasteiger partial charge < -0.3 is 19.4 Å². The van der Waals surface area contributed by atoms with E-state index in [0.717, 1.165) is 36.9 Å². The van der Waals surface area contributed by atoms with Crippen LogP contribution in [0.4, 0.5) is 0 Å². The molecule has 6 heteroatoms. The van der Waals surface area contributed by atoms with Gasteiger partial charge in [0.1, 0.15) is 18.1 Å². The van der Waals surface area contributed by atoms with Crippen LogP contribution in [0.1, 0.15) is 71.3 Å². The molecule has 0 radical (unpaired) electrons. The van der Waals surface area contributed by atoms with E-state index in [-0.39, 0.29) is 36.1 Å². The SMILES string of the molecule is Cc1cccc([C@@H]2c3cc(OCc4ccc(C(=O)NCC(C)C)o4)ccc3CCN2C(=O)C2CC2)c1. The van der Waals surface area contributed by atoms with Gasteiger partial charge in [-0.05, 0) is 73.1 Å². The van der Waals surface area contributed by atoms with Crippen molar-refractivity contribution in [3.05, 3.63) is 88.4 Å². The lowest BCUT2D eigenvalue weighted by molar-refractivity contribution is -0.134. The first-order chi connectivity index (χ1) is 17.4. The molecule has 36 heavy (non-hydrogen) atoms. The van der Waals surface area contributed by atoms with Gasteiger partial charge in [0.25, 0.3) is 5.91 Å². The minimum Gasteiger partial charge on any atom is -0.486 e. The normalized spacial score (nSPS) is 17.1. The number of carbonyl (C=O) groups is 2. The summed E-state index contributed by atoms with van der Waals surface area (Å²) in [6.07, 6.45) is 2.82. The van der Waals surface area contributed by atoms with Crippen LogP contribution in [0.3, 0.4) is 0 Å². The van der Waals surface area contributed by atoms with Crippen LogP contribution >= 0.6 is 0 Å². The highest BCUT2D eigenvalue weighted by molar-refractivity contribution is 5.91. The van der Waals surface area contributed by atoms with Gasteiger partial charge in [-0.15, -0.1) is 0 Å². The molecule has 1 aliphatic heterocycles. The van der Waals surface area contributed by atoms with Gasteiger partial charge in [-0.25, -0.2) is 0 Å². The maximum absolute atomic E-state index is 13.2. The Labute approximate surface area is 212 Å². The number of furan rings is 1. The van der Waals surface area contributed by atoms with Crippen molar-refractivity contribution in [2.24, 2.45) is 11.8 Å². The number of ether oxygens (including phenoxy) is 1. The van der Waals surface area contributed by atoms with Crippen LogP contribution in [-0.2, 0) is 17.8 Å². The summed E-state index contributed by atoms with van der Waals surface area (Å²) in [5, 5.41) is 2.86. The molecule has 0 unspecified atom stereocenters. The molecular formula is C30H34N2O4. The van der Waals surface area contributed by atoms with Crippen molar-refractivity contribution in [1.29, 1.82) is 0 Å². The molecular weight excluding hydrogens is 452 g/mol. The van der Waals surface area contributed by atoms with Crippen molar-refractivity contribution in [3.63, 3.8) is 0 Å². The van der Waals surface area contributed by atoms with E-state index < -0.39 is 0 Å². The summed E-state index contributed by atoms with van der Waals surface area (Å²) in [5.74, 6) is 2.17. The van der Waals surface area contributed by atoms with E-state index >= 15 is 0 Å². The molecule has 1 fully saturated rings. The second-order valence-electron chi connectivity index (χ2n) is 10.4. The molecule has 6 nitrogen and oxygen atoms in total. The highest BCUT2D eigenvalue weighted by Crippen LogP contribution is 2.41. The highest BCUT2D eigenvalue weighted by atomic mass is 16.5. The zero-order valence-corrected chi connectivity index (χ0v) is 21.3. The Kier molecular flexibility index (Phi) is 6.86. The molecule has 0 bridgehead atoms. The van der Waals surface area contributed by atoms with Crippen molar-refractivity contribution in [2.45, 2.75) is 52.7 Å². The summed E-state index contributed by atoms with van der Waals surface area (Å²) in [6.45, 7) is 7.73. The number of benzene rings is 2. The molecule has 1 aliphatic carbocycles. The summed E-state index contributed by atoms with van der Waals surface area (Å²) in [5.41, 5.74) is 4.67. The molecule has 5 rings (SSSR count). The predicted molar refractivity (Wildman–Crippen MR) is 138 cm³/mol. The fourth-order valence-electron chi connectivity index (χ4n) is 4.80.